The van der Waals surface area contributed by atoms with Crippen molar-refractivity contribution in [1.29, 1.82) is 0 Å². The molecule has 0 aliphatic carbocycles. The Labute approximate surface area is 218 Å². The Morgan fingerprint density at radius 1 is 0.892 bits per heavy atom. The number of anilines is 1. The molecule has 4 rings (SSSR count). The minimum atomic E-state index is -0.180. The topological polar surface area (TPSA) is 59.7 Å². The van der Waals surface area contributed by atoms with E-state index in [2.05, 4.69) is 48.0 Å². The first kappa shape index (κ1) is 25.8. The van der Waals surface area contributed by atoms with Crippen LogP contribution in [0.15, 0.2) is 97.7 Å². The van der Waals surface area contributed by atoms with Crippen LogP contribution in [0.4, 0.5) is 5.69 Å². The van der Waals surface area contributed by atoms with Crippen molar-refractivity contribution in [3.05, 3.63) is 114 Å². The Morgan fingerprint density at radius 3 is 2.30 bits per heavy atom. The molecule has 190 valence electrons. The van der Waals surface area contributed by atoms with Crippen molar-refractivity contribution in [3.8, 4) is 0 Å². The number of H-pyrrole nitrogens is 1. The van der Waals surface area contributed by atoms with Crippen LogP contribution in [-0.2, 0) is 17.8 Å². The molecule has 1 heterocycles. The predicted octanol–water partition coefficient (Wildman–Crippen LogP) is 5.13. The SMILES string of the molecule is C=CCN(CC(=O)N(CCc1c[nH]c2ccccc12)Cc1ccc(N(C)C)cc1)C(=O)c1ccccc1. The standard InChI is InChI=1S/C31H34N4O2/c1-4-19-35(31(37)25-10-6-5-7-11-25)23-30(36)34(22-24-14-16-27(17-15-24)33(2)3)20-18-26-21-32-29-13-9-8-12-28(26)29/h4-17,21,32H,1,18-20,22-23H2,2-3H3. The van der Waals surface area contributed by atoms with E-state index in [4.69, 9.17) is 0 Å². The van der Waals surface area contributed by atoms with Gasteiger partial charge in [-0.05, 0) is 47.9 Å². The van der Waals surface area contributed by atoms with Crippen molar-refractivity contribution < 1.29 is 9.59 Å². The summed E-state index contributed by atoms with van der Waals surface area (Å²) in [6, 6.07) is 25.5. The molecule has 0 atom stereocenters. The van der Waals surface area contributed by atoms with Crippen molar-refractivity contribution in [2.24, 2.45) is 0 Å². The summed E-state index contributed by atoms with van der Waals surface area (Å²) in [5, 5.41) is 1.16. The second kappa shape index (κ2) is 12.1. The zero-order valence-electron chi connectivity index (χ0n) is 21.6. The fraction of sp³-hybridized carbons (Fsp3) is 0.226. The van der Waals surface area contributed by atoms with E-state index in [1.165, 1.54) is 5.56 Å². The Kier molecular flexibility index (Phi) is 8.41. The van der Waals surface area contributed by atoms with Gasteiger partial charge in [-0.3, -0.25) is 9.59 Å². The molecule has 6 heteroatoms. The van der Waals surface area contributed by atoms with Gasteiger partial charge in [0.1, 0.15) is 6.54 Å². The zero-order valence-corrected chi connectivity index (χ0v) is 21.6. The number of para-hydroxylation sites is 1. The van der Waals surface area contributed by atoms with Crippen LogP contribution in [0.3, 0.4) is 0 Å². The highest BCUT2D eigenvalue weighted by Gasteiger charge is 2.22. The Balaban J connectivity index is 1.54. The second-order valence-corrected chi connectivity index (χ2v) is 9.33. The van der Waals surface area contributed by atoms with E-state index >= 15 is 0 Å². The molecule has 2 amide bonds. The van der Waals surface area contributed by atoms with E-state index in [9.17, 15) is 9.59 Å². The van der Waals surface area contributed by atoms with Crippen LogP contribution < -0.4 is 4.90 Å². The van der Waals surface area contributed by atoms with Crippen LogP contribution in [0.1, 0.15) is 21.5 Å². The summed E-state index contributed by atoms with van der Waals surface area (Å²) < 4.78 is 0. The third-order valence-electron chi connectivity index (χ3n) is 6.49. The lowest BCUT2D eigenvalue weighted by molar-refractivity contribution is -0.132. The van der Waals surface area contributed by atoms with Crippen LogP contribution in [0.25, 0.3) is 10.9 Å². The molecule has 3 aromatic carbocycles. The number of nitrogens with zero attached hydrogens (tertiary/aromatic N) is 3. The minimum absolute atomic E-state index is 0.0105. The van der Waals surface area contributed by atoms with E-state index in [0.717, 1.165) is 22.2 Å². The summed E-state index contributed by atoms with van der Waals surface area (Å²) in [5.74, 6) is -0.275. The van der Waals surface area contributed by atoms with Gasteiger partial charge < -0.3 is 19.7 Å². The molecule has 6 nitrogen and oxygen atoms in total. The lowest BCUT2D eigenvalue weighted by atomic mass is 10.1. The van der Waals surface area contributed by atoms with Crippen LogP contribution >= 0.6 is 0 Å². The highest BCUT2D eigenvalue weighted by molar-refractivity contribution is 5.96. The summed E-state index contributed by atoms with van der Waals surface area (Å²) >= 11 is 0. The van der Waals surface area contributed by atoms with Gasteiger partial charge in [-0.1, -0.05) is 54.6 Å². The smallest absolute Gasteiger partial charge is 0.254 e. The van der Waals surface area contributed by atoms with Crippen molar-refractivity contribution in [3.63, 3.8) is 0 Å². The van der Waals surface area contributed by atoms with Gasteiger partial charge in [0, 0.05) is 62.1 Å². The largest absolute Gasteiger partial charge is 0.378 e. The lowest BCUT2D eigenvalue weighted by Crippen LogP contribution is -2.43. The number of fused-ring (bicyclic) bond motifs is 1. The van der Waals surface area contributed by atoms with E-state index in [1.54, 1.807) is 23.1 Å². The number of hydrogen-bond donors (Lipinski definition) is 1. The maximum atomic E-state index is 13.6. The molecule has 0 saturated carbocycles. The molecule has 0 aliphatic heterocycles. The first-order valence-electron chi connectivity index (χ1n) is 12.5. The molecular weight excluding hydrogens is 460 g/mol. The highest BCUT2D eigenvalue weighted by Crippen LogP contribution is 2.20. The van der Waals surface area contributed by atoms with Gasteiger partial charge >= 0.3 is 0 Å². The number of aromatic amines is 1. The molecule has 0 radical (unpaired) electrons. The van der Waals surface area contributed by atoms with Gasteiger partial charge in [0.25, 0.3) is 5.91 Å². The quantitative estimate of drug-likeness (QED) is 0.294. The molecular formula is C31H34N4O2. The molecule has 4 aromatic rings. The molecule has 1 N–H and O–H groups in total. The van der Waals surface area contributed by atoms with E-state index in [1.807, 2.05) is 60.4 Å². The maximum Gasteiger partial charge on any atom is 0.254 e. The van der Waals surface area contributed by atoms with Crippen molar-refractivity contribution in [2.75, 3.05) is 38.6 Å². The first-order valence-corrected chi connectivity index (χ1v) is 12.5. The fourth-order valence-electron chi connectivity index (χ4n) is 4.41. The summed E-state index contributed by atoms with van der Waals surface area (Å²) in [7, 11) is 4.01. The van der Waals surface area contributed by atoms with Crippen LogP contribution in [-0.4, -0.2) is 60.3 Å². The van der Waals surface area contributed by atoms with Gasteiger partial charge in [-0.2, -0.15) is 0 Å². The van der Waals surface area contributed by atoms with Crippen molar-refractivity contribution >= 4 is 28.4 Å². The number of aromatic nitrogens is 1. The van der Waals surface area contributed by atoms with E-state index < -0.39 is 0 Å². The molecule has 0 aliphatic rings. The van der Waals surface area contributed by atoms with Gasteiger partial charge in [0.05, 0.1) is 0 Å². The molecule has 0 saturated heterocycles. The van der Waals surface area contributed by atoms with Gasteiger partial charge in [0.15, 0.2) is 0 Å². The summed E-state index contributed by atoms with van der Waals surface area (Å²) in [5.41, 5.74) is 4.95. The number of carbonyl (C=O) groups excluding carboxylic acids is 2. The summed E-state index contributed by atoms with van der Waals surface area (Å²) in [4.78, 5) is 35.6. The molecule has 0 bridgehead atoms. The molecule has 37 heavy (non-hydrogen) atoms. The van der Waals surface area contributed by atoms with Crippen molar-refractivity contribution in [2.45, 2.75) is 13.0 Å². The third-order valence-corrected chi connectivity index (χ3v) is 6.49. The number of rotatable bonds is 11. The number of hydrogen-bond acceptors (Lipinski definition) is 3. The Bertz CT molecular complexity index is 1340. The third kappa shape index (κ3) is 6.47. The van der Waals surface area contributed by atoms with E-state index in [-0.39, 0.29) is 18.4 Å². The molecule has 0 fully saturated rings. The highest BCUT2D eigenvalue weighted by atomic mass is 16.2. The molecule has 1 aromatic heterocycles. The van der Waals surface area contributed by atoms with Crippen LogP contribution in [0.2, 0.25) is 0 Å². The average molecular weight is 495 g/mol. The first-order chi connectivity index (χ1) is 18.0. The predicted molar refractivity (Wildman–Crippen MR) is 151 cm³/mol. The minimum Gasteiger partial charge on any atom is -0.378 e. The normalized spacial score (nSPS) is 10.8. The average Bonchev–Trinajstić information content (AvgIpc) is 3.34. The Hall–Kier alpha value is -4.32. The molecule has 0 spiro atoms. The van der Waals surface area contributed by atoms with Crippen LogP contribution in [0.5, 0.6) is 0 Å². The Morgan fingerprint density at radius 2 is 1.59 bits per heavy atom. The number of benzene rings is 3. The monoisotopic (exact) mass is 494 g/mol. The van der Waals surface area contributed by atoms with Gasteiger partial charge in [0.2, 0.25) is 5.91 Å². The van der Waals surface area contributed by atoms with E-state index in [0.29, 0.717) is 31.6 Å². The van der Waals surface area contributed by atoms with Gasteiger partial charge in [-0.15, -0.1) is 6.58 Å². The van der Waals surface area contributed by atoms with Gasteiger partial charge in [-0.25, -0.2) is 0 Å². The fourth-order valence-corrected chi connectivity index (χ4v) is 4.41. The number of amides is 2. The summed E-state index contributed by atoms with van der Waals surface area (Å²) in [6.45, 7) is 5.09. The second-order valence-electron chi connectivity index (χ2n) is 9.33. The lowest BCUT2D eigenvalue weighted by Gasteiger charge is -2.27. The zero-order chi connectivity index (χ0) is 26.2. The maximum absolute atomic E-state index is 13.6. The number of carbonyl (C=O) groups is 2. The van der Waals surface area contributed by atoms with Crippen LogP contribution in [0, 0.1) is 0 Å². The van der Waals surface area contributed by atoms with Crippen molar-refractivity contribution in [1.82, 2.24) is 14.8 Å². The number of nitrogens with one attached hydrogen (secondary N) is 1. The summed E-state index contributed by atoms with van der Waals surface area (Å²) in [6.07, 6.45) is 4.38. The molecule has 0 unspecified atom stereocenters.